The summed E-state index contributed by atoms with van der Waals surface area (Å²) in [5, 5.41) is 16.5. The summed E-state index contributed by atoms with van der Waals surface area (Å²) in [5.41, 5.74) is 1.38. The number of aliphatic hydroxyl groups excluding tert-OH is 1. The van der Waals surface area contributed by atoms with Gasteiger partial charge in [-0.2, -0.15) is 0 Å². The highest BCUT2D eigenvalue weighted by molar-refractivity contribution is 9.09. The second kappa shape index (κ2) is 12.1. The monoisotopic (exact) mass is 629 g/mol. The van der Waals surface area contributed by atoms with Gasteiger partial charge in [0, 0.05) is 22.3 Å². The molecule has 3 amide bonds. The maximum atomic E-state index is 14.4. The zero-order valence-electron chi connectivity index (χ0n) is 22.7. The van der Waals surface area contributed by atoms with E-state index in [4.69, 9.17) is 4.74 Å². The van der Waals surface area contributed by atoms with Crippen LogP contribution in [0.15, 0.2) is 54.6 Å². The number of likely N-dealkylation sites (tertiary alicyclic amines) is 1. The van der Waals surface area contributed by atoms with E-state index in [1.165, 1.54) is 0 Å². The number of hydrogen-bond acceptors (Lipinski definition) is 6. The van der Waals surface area contributed by atoms with Gasteiger partial charge in [0.05, 0.1) is 35.8 Å². The number of carbonyl (C=O) groups is 3. The summed E-state index contributed by atoms with van der Waals surface area (Å²) in [7, 11) is 0. The molecule has 2 aromatic carbocycles. The molecule has 10 heteroatoms. The number of nitrogens with zero attached hydrogens (tertiary/aromatic N) is 1. The summed E-state index contributed by atoms with van der Waals surface area (Å²) in [5.74, 6) is -1.31. The Hall–Kier alpha value is -2.56. The van der Waals surface area contributed by atoms with Crippen molar-refractivity contribution in [1.29, 1.82) is 0 Å². The highest BCUT2D eigenvalue weighted by atomic mass is 79.9. The van der Waals surface area contributed by atoms with Crippen LogP contribution in [0.5, 0.6) is 5.75 Å². The fourth-order valence-electron chi connectivity index (χ4n) is 6.54. The van der Waals surface area contributed by atoms with Crippen molar-refractivity contribution < 1.29 is 24.2 Å². The minimum atomic E-state index is -0.808. The molecule has 0 radical (unpaired) electrons. The third-order valence-electron chi connectivity index (χ3n) is 8.23. The first-order valence-corrected chi connectivity index (χ1v) is 15.8. The van der Waals surface area contributed by atoms with Gasteiger partial charge in [-0.15, -0.1) is 11.8 Å². The zero-order valence-corrected chi connectivity index (χ0v) is 25.1. The van der Waals surface area contributed by atoms with E-state index in [1.807, 2.05) is 37.3 Å². The number of benzene rings is 2. The first kappa shape index (κ1) is 29.0. The van der Waals surface area contributed by atoms with Gasteiger partial charge in [-0.25, -0.2) is 0 Å². The van der Waals surface area contributed by atoms with Crippen LogP contribution in [0.3, 0.4) is 0 Å². The van der Waals surface area contributed by atoms with Crippen molar-refractivity contribution in [2.75, 3.05) is 25.1 Å². The first-order valence-electron chi connectivity index (χ1n) is 14.0. The standard InChI is InChI=1S/C30H36BrN3O5S/c1-3-5-15-32-28(37)26-30-16-21(31)25(40-30)23(27(36)33-19-11-13-20(14-12-19)39-4-2)24(30)29(38)34(26)22(17-35)18-9-7-6-8-10-18/h6-14,21-26,35H,3-5,15-17H2,1-2H3,(H,32,37)(H,33,36)/t21?,22-,23+,24+,25+,26?,30?/m1/s1. The minimum absolute atomic E-state index is 0.0344. The van der Waals surface area contributed by atoms with Crippen LogP contribution in [-0.2, 0) is 14.4 Å². The molecule has 1 spiro atoms. The molecule has 3 fully saturated rings. The van der Waals surface area contributed by atoms with Gasteiger partial charge in [0.15, 0.2) is 0 Å². The SMILES string of the molecule is CCCCNC(=O)C1N([C@H](CO)c2ccccc2)C(=O)[C@@H]2[C@H](C(=O)Nc3ccc(OCC)cc3)[C@H]3SC12CC3Br. The number of hydrogen-bond donors (Lipinski definition) is 3. The predicted molar refractivity (Wildman–Crippen MR) is 159 cm³/mol. The van der Waals surface area contributed by atoms with Gasteiger partial charge in [-0.05, 0) is 49.6 Å². The van der Waals surface area contributed by atoms with Gasteiger partial charge in [-0.3, -0.25) is 14.4 Å². The molecule has 3 unspecified atom stereocenters. The summed E-state index contributed by atoms with van der Waals surface area (Å²) in [6.45, 7) is 4.70. The number of ether oxygens (including phenoxy) is 1. The van der Waals surface area contributed by atoms with Gasteiger partial charge in [0.1, 0.15) is 11.8 Å². The third-order valence-corrected chi connectivity index (χ3v) is 11.5. The fraction of sp³-hybridized carbons (Fsp3) is 0.500. The van der Waals surface area contributed by atoms with Crippen molar-refractivity contribution in [1.82, 2.24) is 10.2 Å². The Bertz CT molecular complexity index is 1230. The second-order valence-corrected chi connectivity index (χ2v) is 13.3. The van der Waals surface area contributed by atoms with Crippen molar-refractivity contribution >= 4 is 51.1 Å². The van der Waals surface area contributed by atoms with Crippen LogP contribution in [0.2, 0.25) is 0 Å². The molecule has 214 valence electrons. The Kier molecular flexibility index (Phi) is 8.78. The third kappa shape index (κ3) is 5.03. The molecule has 7 atom stereocenters. The lowest BCUT2D eigenvalue weighted by atomic mass is 9.70. The lowest BCUT2D eigenvalue weighted by Crippen LogP contribution is -2.55. The Balaban J connectivity index is 1.50. The molecule has 8 nitrogen and oxygen atoms in total. The van der Waals surface area contributed by atoms with Crippen molar-refractivity contribution in [3.05, 3.63) is 60.2 Å². The largest absolute Gasteiger partial charge is 0.494 e. The van der Waals surface area contributed by atoms with Crippen molar-refractivity contribution in [3.63, 3.8) is 0 Å². The van der Waals surface area contributed by atoms with Gasteiger partial charge < -0.3 is 25.4 Å². The van der Waals surface area contributed by atoms with Crippen LogP contribution in [-0.4, -0.2) is 68.4 Å². The Morgan fingerprint density at radius 3 is 2.52 bits per heavy atom. The number of anilines is 1. The quantitative estimate of drug-likeness (QED) is 0.255. The summed E-state index contributed by atoms with van der Waals surface area (Å²) in [6, 6.07) is 15.0. The van der Waals surface area contributed by atoms with Gasteiger partial charge in [0.2, 0.25) is 17.7 Å². The number of nitrogens with one attached hydrogen (secondary N) is 2. The number of thioether (sulfide) groups is 1. The Morgan fingerprint density at radius 1 is 1.15 bits per heavy atom. The summed E-state index contributed by atoms with van der Waals surface area (Å²) >= 11 is 5.39. The number of aliphatic hydroxyl groups is 1. The van der Waals surface area contributed by atoms with E-state index >= 15 is 0 Å². The Labute approximate surface area is 247 Å². The molecular formula is C30H36BrN3O5S. The van der Waals surface area contributed by atoms with Crippen molar-refractivity contribution in [3.8, 4) is 5.75 Å². The number of alkyl halides is 1. The summed E-state index contributed by atoms with van der Waals surface area (Å²) in [4.78, 5) is 43.7. The van der Waals surface area contributed by atoms with Crippen molar-refractivity contribution in [2.45, 2.75) is 60.0 Å². The number of amides is 3. The number of fused-ring (bicyclic) bond motifs is 1. The highest BCUT2D eigenvalue weighted by Gasteiger charge is 2.76. The van der Waals surface area contributed by atoms with Crippen LogP contribution < -0.4 is 15.4 Å². The molecule has 0 aromatic heterocycles. The van der Waals surface area contributed by atoms with Crippen molar-refractivity contribution in [2.24, 2.45) is 11.8 Å². The van der Waals surface area contributed by atoms with Crippen LogP contribution in [0.1, 0.15) is 44.7 Å². The minimum Gasteiger partial charge on any atom is -0.494 e. The Morgan fingerprint density at radius 2 is 1.88 bits per heavy atom. The average Bonchev–Trinajstić information content (AvgIpc) is 3.55. The number of unbranched alkanes of at least 4 members (excludes halogenated alkanes) is 1. The lowest BCUT2D eigenvalue weighted by Gasteiger charge is -2.37. The molecule has 2 bridgehead atoms. The molecule has 0 saturated carbocycles. The normalized spacial score (nSPS) is 29.2. The van der Waals surface area contributed by atoms with E-state index in [0.29, 0.717) is 31.0 Å². The summed E-state index contributed by atoms with van der Waals surface area (Å²) in [6.07, 6.45) is 2.34. The van der Waals surface area contributed by atoms with E-state index in [9.17, 15) is 19.5 Å². The summed E-state index contributed by atoms with van der Waals surface area (Å²) < 4.78 is 4.73. The predicted octanol–water partition coefficient (Wildman–Crippen LogP) is 4.14. The molecule has 3 saturated heterocycles. The molecule has 2 aromatic rings. The van der Waals surface area contributed by atoms with E-state index in [0.717, 1.165) is 18.4 Å². The second-order valence-electron chi connectivity index (χ2n) is 10.6. The van der Waals surface area contributed by atoms with Gasteiger partial charge in [-0.1, -0.05) is 59.6 Å². The maximum Gasteiger partial charge on any atom is 0.244 e. The van der Waals surface area contributed by atoms with E-state index in [-0.39, 0.29) is 34.4 Å². The number of halogens is 1. The van der Waals surface area contributed by atoms with Crippen LogP contribution in [0.25, 0.3) is 0 Å². The van der Waals surface area contributed by atoms with Gasteiger partial charge >= 0.3 is 0 Å². The zero-order chi connectivity index (χ0) is 28.4. The smallest absolute Gasteiger partial charge is 0.244 e. The number of carbonyl (C=O) groups excluding carboxylic acids is 3. The van der Waals surface area contributed by atoms with E-state index < -0.39 is 28.7 Å². The van der Waals surface area contributed by atoms with Crippen LogP contribution in [0.4, 0.5) is 5.69 Å². The highest BCUT2D eigenvalue weighted by Crippen LogP contribution is 2.68. The van der Waals surface area contributed by atoms with E-state index in [2.05, 4.69) is 33.5 Å². The molecule has 3 heterocycles. The van der Waals surface area contributed by atoms with Gasteiger partial charge in [0.25, 0.3) is 0 Å². The van der Waals surface area contributed by atoms with Crippen LogP contribution >= 0.6 is 27.7 Å². The molecule has 5 rings (SSSR count). The molecule has 3 N–H and O–H groups in total. The van der Waals surface area contributed by atoms with E-state index in [1.54, 1.807) is 40.9 Å². The molecule has 40 heavy (non-hydrogen) atoms. The number of rotatable bonds is 11. The maximum absolute atomic E-state index is 14.4. The van der Waals surface area contributed by atoms with Crippen LogP contribution in [0, 0.1) is 11.8 Å². The molecule has 0 aliphatic carbocycles. The molecule has 3 aliphatic heterocycles. The lowest BCUT2D eigenvalue weighted by molar-refractivity contribution is -0.142. The first-order chi connectivity index (χ1) is 19.4. The average molecular weight is 631 g/mol. The topological polar surface area (TPSA) is 108 Å². The fourth-order valence-corrected chi connectivity index (χ4v) is 10.1. The molecular weight excluding hydrogens is 594 g/mol. The molecule has 3 aliphatic rings.